The molecule has 0 fully saturated rings. The van der Waals surface area contributed by atoms with Gasteiger partial charge in [-0.25, -0.2) is 32.1 Å². The van der Waals surface area contributed by atoms with E-state index in [9.17, 15) is 37.1 Å². The van der Waals surface area contributed by atoms with Crippen molar-refractivity contribution in [1.29, 1.82) is 0 Å². The van der Waals surface area contributed by atoms with Crippen molar-refractivity contribution in [3.05, 3.63) is 48.3 Å². The Morgan fingerprint density at radius 1 is 1.11 bits per heavy atom. The maximum absolute atomic E-state index is 13.0. The van der Waals surface area contributed by atoms with Crippen LogP contribution in [0, 0.1) is 11.7 Å². The van der Waals surface area contributed by atoms with Crippen LogP contribution in [0.3, 0.4) is 0 Å². The summed E-state index contributed by atoms with van der Waals surface area (Å²) in [5.41, 5.74) is 0.515. The molecule has 6 N–H and O–H groups in total. The molecule has 0 aliphatic heterocycles. The van der Waals surface area contributed by atoms with Gasteiger partial charge in [0.2, 0.25) is 11.8 Å². The van der Waals surface area contributed by atoms with Crippen LogP contribution in [-0.2, 0) is 30.8 Å². The van der Waals surface area contributed by atoms with Crippen LogP contribution in [0.2, 0.25) is 0 Å². The molecule has 0 unspecified atom stereocenters. The van der Waals surface area contributed by atoms with Crippen LogP contribution in [0.1, 0.15) is 26.0 Å². The Kier molecular flexibility index (Phi) is 9.90. The fraction of sp³-hybridized carbons (Fsp3) is 0.381. The van der Waals surface area contributed by atoms with Crippen LogP contribution >= 0.6 is 0 Å². The normalized spacial score (nSPS) is 12.9. The van der Waals surface area contributed by atoms with Crippen molar-refractivity contribution in [2.75, 3.05) is 6.54 Å². The predicted molar refractivity (Wildman–Crippen MR) is 123 cm³/mol. The molecule has 2 atom stereocenters. The van der Waals surface area contributed by atoms with Crippen LogP contribution in [0.15, 0.2) is 41.7 Å². The number of H-pyrrole nitrogens is 1. The summed E-state index contributed by atoms with van der Waals surface area (Å²) in [7, 11) is -4.31. The summed E-state index contributed by atoms with van der Waals surface area (Å²) >= 11 is 0. The summed E-state index contributed by atoms with van der Waals surface area (Å²) in [5.74, 6) is -3.66. The first-order chi connectivity index (χ1) is 16.9. The number of carbonyl (C=O) groups is 4. The van der Waals surface area contributed by atoms with E-state index in [0.717, 1.165) is 24.3 Å². The average Bonchev–Trinajstić information content (AvgIpc) is 3.30. The molecule has 2 aromatic rings. The molecule has 0 radical (unpaired) electrons. The molecule has 2 rings (SSSR count). The van der Waals surface area contributed by atoms with Gasteiger partial charge in [-0.1, -0.05) is 13.8 Å². The maximum atomic E-state index is 13.0. The molecule has 15 heteroatoms. The van der Waals surface area contributed by atoms with Gasteiger partial charge in [-0.2, -0.15) is 0 Å². The van der Waals surface area contributed by atoms with Gasteiger partial charge in [0.05, 0.1) is 11.2 Å². The highest BCUT2D eigenvalue weighted by Gasteiger charge is 2.27. The van der Waals surface area contributed by atoms with Gasteiger partial charge in [0.15, 0.2) is 0 Å². The molecule has 13 nitrogen and oxygen atoms in total. The highest BCUT2D eigenvalue weighted by molar-refractivity contribution is 7.90. The Labute approximate surface area is 206 Å². The minimum atomic E-state index is -4.31. The summed E-state index contributed by atoms with van der Waals surface area (Å²) < 4.78 is 39.3. The van der Waals surface area contributed by atoms with Gasteiger partial charge in [-0.3, -0.25) is 9.59 Å². The molecule has 196 valence electrons. The first-order valence-corrected chi connectivity index (χ1v) is 12.2. The number of sulfonamides is 1. The molecule has 0 aliphatic carbocycles. The number of imidazole rings is 1. The molecule has 0 saturated carbocycles. The number of carbonyl (C=O) groups excluding carboxylic acids is 3. The van der Waals surface area contributed by atoms with Crippen LogP contribution in [-0.4, -0.2) is 65.9 Å². The second-order valence-corrected chi connectivity index (χ2v) is 9.72. The number of nitrogens with one attached hydrogen (secondary N) is 5. The summed E-state index contributed by atoms with van der Waals surface area (Å²) in [6.45, 7) is 3.05. The zero-order valence-electron chi connectivity index (χ0n) is 19.4. The number of benzene rings is 1. The lowest BCUT2D eigenvalue weighted by molar-refractivity contribution is -0.141. The molecule has 4 amide bonds. The van der Waals surface area contributed by atoms with E-state index in [0.29, 0.717) is 5.69 Å². The van der Waals surface area contributed by atoms with E-state index >= 15 is 0 Å². The SMILES string of the molecule is CC(C)[C@H](NC(=O)NS(=O)(=O)c1ccc(F)cc1)C(=O)NCCC(=O)N[C@@H](Cc1cnc[nH]1)C(=O)O. The van der Waals surface area contributed by atoms with E-state index in [1.807, 2.05) is 0 Å². The van der Waals surface area contributed by atoms with Gasteiger partial charge < -0.3 is 26.0 Å². The lowest BCUT2D eigenvalue weighted by Crippen LogP contribution is -2.53. The zero-order valence-corrected chi connectivity index (χ0v) is 20.3. The minimum Gasteiger partial charge on any atom is -0.480 e. The van der Waals surface area contributed by atoms with Crippen LogP contribution in [0.4, 0.5) is 9.18 Å². The molecule has 36 heavy (non-hydrogen) atoms. The fourth-order valence-corrected chi connectivity index (χ4v) is 3.91. The number of aliphatic carboxylic acids is 1. The third-order valence-corrected chi connectivity index (χ3v) is 6.20. The molecule has 1 heterocycles. The monoisotopic (exact) mass is 526 g/mol. The van der Waals surface area contributed by atoms with Gasteiger partial charge in [-0.05, 0) is 30.2 Å². The van der Waals surface area contributed by atoms with Crippen molar-refractivity contribution < 1.29 is 37.1 Å². The summed E-state index contributed by atoms with van der Waals surface area (Å²) in [6.07, 6.45) is 2.56. The van der Waals surface area contributed by atoms with Gasteiger partial charge in [-0.15, -0.1) is 0 Å². The minimum absolute atomic E-state index is 0.0112. The molecule has 0 bridgehead atoms. The molecule has 0 aliphatic rings. The molecular formula is C21H27FN6O7S. The highest BCUT2D eigenvalue weighted by atomic mass is 32.2. The summed E-state index contributed by atoms with van der Waals surface area (Å²) in [6, 6.07) is 0.272. The second-order valence-electron chi connectivity index (χ2n) is 8.03. The second kappa shape index (κ2) is 12.6. The molecule has 1 aromatic carbocycles. The number of carboxylic acid groups (broad SMARTS) is 1. The number of nitrogens with zero attached hydrogens (tertiary/aromatic N) is 1. The van der Waals surface area contributed by atoms with E-state index in [-0.39, 0.29) is 24.3 Å². The lowest BCUT2D eigenvalue weighted by atomic mass is 10.0. The predicted octanol–water partition coefficient (Wildman–Crippen LogP) is -0.120. The Morgan fingerprint density at radius 2 is 1.78 bits per heavy atom. The number of aromatic nitrogens is 2. The number of hydrogen-bond acceptors (Lipinski definition) is 7. The number of aromatic amines is 1. The van der Waals surface area contributed by atoms with Crippen LogP contribution < -0.4 is 20.7 Å². The van der Waals surface area contributed by atoms with E-state index in [1.54, 1.807) is 18.6 Å². The summed E-state index contributed by atoms with van der Waals surface area (Å²) in [4.78, 5) is 54.5. The molecule has 0 saturated heterocycles. The molecule has 1 aromatic heterocycles. The van der Waals surface area contributed by atoms with Gasteiger partial charge in [0.25, 0.3) is 10.0 Å². The molecular weight excluding hydrogens is 499 g/mol. The third kappa shape index (κ3) is 8.65. The number of amides is 4. The van der Waals surface area contributed by atoms with E-state index < -0.39 is 57.7 Å². The standard InChI is InChI=1S/C21H27FN6O7S/c1-12(2)18(27-21(33)28-36(34,35)15-5-3-13(22)4-6-15)19(30)24-8-7-17(29)26-16(20(31)32)9-14-10-23-11-25-14/h3-6,10-12,16,18H,7-9H2,1-2H3,(H,23,25)(H,24,30)(H,26,29)(H,31,32)(H2,27,28,33)/t16-,18-/m0/s1. The smallest absolute Gasteiger partial charge is 0.329 e. The lowest BCUT2D eigenvalue weighted by Gasteiger charge is -2.22. The average molecular weight is 527 g/mol. The van der Waals surface area contributed by atoms with E-state index in [2.05, 4.69) is 25.9 Å². The van der Waals surface area contributed by atoms with Crippen molar-refractivity contribution in [3.63, 3.8) is 0 Å². The van der Waals surface area contributed by atoms with Crippen molar-refractivity contribution in [3.8, 4) is 0 Å². The van der Waals surface area contributed by atoms with Crippen LogP contribution in [0.5, 0.6) is 0 Å². The van der Waals surface area contributed by atoms with Crippen molar-refractivity contribution in [2.45, 2.75) is 43.7 Å². The fourth-order valence-electron chi connectivity index (χ4n) is 2.99. The van der Waals surface area contributed by atoms with E-state index in [1.165, 1.54) is 12.5 Å². The van der Waals surface area contributed by atoms with Gasteiger partial charge in [0, 0.05) is 31.3 Å². The number of halogens is 1. The third-order valence-electron chi connectivity index (χ3n) is 4.85. The summed E-state index contributed by atoms with van der Waals surface area (Å²) in [5, 5.41) is 16.4. The Balaban J connectivity index is 1.86. The number of rotatable bonds is 12. The number of urea groups is 1. The first-order valence-electron chi connectivity index (χ1n) is 10.7. The maximum Gasteiger partial charge on any atom is 0.329 e. The number of carboxylic acids is 1. The van der Waals surface area contributed by atoms with Crippen molar-refractivity contribution in [2.24, 2.45) is 5.92 Å². The quantitative estimate of drug-likeness (QED) is 0.220. The van der Waals surface area contributed by atoms with E-state index in [4.69, 9.17) is 0 Å². The topological polar surface area (TPSA) is 199 Å². The molecule has 0 spiro atoms. The van der Waals surface area contributed by atoms with Gasteiger partial charge in [0.1, 0.15) is 17.9 Å². The van der Waals surface area contributed by atoms with Crippen molar-refractivity contribution >= 4 is 33.8 Å². The van der Waals surface area contributed by atoms with Gasteiger partial charge >= 0.3 is 12.0 Å². The Bertz CT molecular complexity index is 1170. The Hall–Kier alpha value is -4.01. The van der Waals surface area contributed by atoms with Crippen molar-refractivity contribution in [1.82, 2.24) is 30.6 Å². The largest absolute Gasteiger partial charge is 0.480 e. The Morgan fingerprint density at radius 3 is 2.33 bits per heavy atom. The highest BCUT2D eigenvalue weighted by Crippen LogP contribution is 2.10. The first kappa shape index (κ1) is 28.2. The number of hydrogen-bond donors (Lipinski definition) is 6. The zero-order chi connectivity index (χ0) is 26.9. The van der Waals surface area contributed by atoms with Crippen LogP contribution in [0.25, 0.3) is 0 Å².